The molecule has 0 aliphatic rings. The third-order valence-electron chi connectivity index (χ3n) is 2.92. The SMILES string of the molecule is NC(CCP(=O)(O)C(O)c1ccc(F)c([N+](=O)[O-])c1)C(=O)O. The molecular weight excluding hydrogens is 322 g/mol. The predicted octanol–water partition coefficient (Wildman–Crippen LogP) is 0.797. The quantitative estimate of drug-likeness (QED) is 0.322. The van der Waals surface area contributed by atoms with Gasteiger partial charge in [0.2, 0.25) is 13.2 Å². The Balaban J connectivity index is 2.96. The first-order valence-corrected chi connectivity index (χ1v) is 7.89. The van der Waals surface area contributed by atoms with Crippen LogP contribution < -0.4 is 5.73 Å². The number of nitrogens with zero attached hydrogens (tertiary/aromatic N) is 1. The number of carboxylic acid groups (broad SMARTS) is 1. The van der Waals surface area contributed by atoms with E-state index in [1.807, 2.05) is 0 Å². The van der Waals surface area contributed by atoms with Gasteiger partial charge in [0, 0.05) is 12.2 Å². The summed E-state index contributed by atoms with van der Waals surface area (Å²) in [5, 5.41) is 29.0. The average molecular weight is 336 g/mol. The van der Waals surface area contributed by atoms with Crippen molar-refractivity contribution in [1.29, 1.82) is 0 Å². The van der Waals surface area contributed by atoms with Crippen LogP contribution in [0.5, 0.6) is 0 Å². The summed E-state index contributed by atoms with van der Waals surface area (Å²) < 4.78 is 25.2. The molecule has 0 amide bonds. The second kappa shape index (κ2) is 6.93. The van der Waals surface area contributed by atoms with Gasteiger partial charge in [-0.2, -0.15) is 4.39 Å². The molecule has 1 aromatic carbocycles. The molecular formula is C11H14FN2O7P. The summed E-state index contributed by atoms with van der Waals surface area (Å²) in [6.45, 7) is 0. The fourth-order valence-electron chi connectivity index (χ4n) is 1.63. The van der Waals surface area contributed by atoms with E-state index >= 15 is 0 Å². The van der Waals surface area contributed by atoms with Crippen LogP contribution in [0, 0.1) is 15.9 Å². The summed E-state index contributed by atoms with van der Waals surface area (Å²) in [4.78, 5) is 29.9. The van der Waals surface area contributed by atoms with Crippen molar-refractivity contribution in [2.45, 2.75) is 18.3 Å². The molecule has 11 heteroatoms. The lowest BCUT2D eigenvalue weighted by Crippen LogP contribution is -2.31. The van der Waals surface area contributed by atoms with E-state index < -0.39 is 47.8 Å². The molecule has 0 spiro atoms. The molecule has 0 bridgehead atoms. The molecule has 1 aromatic rings. The fourth-order valence-corrected chi connectivity index (χ4v) is 3.15. The molecule has 0 aliphatic heterocycles. The van der Waals surface area contributed by atoms with Gasteiger partial charge in [-0.15, -0.1) is 0 Å². The summed E-state index contributed by atoms with van der Waals surface area (Å²) in [7, 11) is -4.30. The normalized spacial score (nSPS) is 16.5. The highest BCUT2D eigenvalue weighted by Gasteiger charge is 2.33. The number of carboxylic acids is 1. The van der Waals surface area contributed by atoms with Crippen LogP contribution in [0.3, 0.4) is 0 Å². The smallest absolute Gasteiger partial charge is 0.320 e. The van der Waals surface area contributed by atoms with Gasteiger partial charge in [-0.05, 0) is 18.1 Å². The first-order valence-electron chi connectivity index (χ1n) is 5.98. The van der Waals surface area contributed by atoms with Crippen LogP contribution in [-0.4, -0.2) is 38.2 Å². The molecule has 3 atom stereocenters. The first kappa shape index (κ1) is 18.2. The minimum atomic E-state index is -4.30. The lowest BCUT2D eigenvalue weighted by molar-refractivity contribution is -0.387. The Morgan fingerprint density at radius 1 is 1.50 bits per heavy atom. The van der Waals surface area contributed by atoms with Gasteiger partial charge in [0.15, 0.2) is 5.85 Å². The molecule has 3 unspecified atom stereocenters. The average Bonchev–Trinajstić information content (AvgIpc) is 2.44. The van der Waals surface area contributed by atoms with Crippen molar-refractivity contribution in [3.63, 3.8) is 0 Å². The van der Waals surface area contributed by atoms with Gasteiger partial charge in [0.25, 0.3) is 0 Å². The van der Waals surface area contributed by atoms with Crippen LogP contribution in [0.1, 0.15) is 17.8 Å². The molecule has 0 saturated heterocycles. The number of benzene rings is 1. The van der Waals surface area contributed by atoms with Crippen LogP contribution in [0.2, 0.25) is 0 Å². The lowest BCUT2D eigenvalue weighted by atomic mass is 10.2. The Morgan fingerprint density at radius 3 is 2.59 bits per heavy atom. The van der Waals surface area contributed by atoms with Crippen molar-refractivity contribution in [2.75, 3.05) is 6.16 Å². The second-order valence-electron chi connectivity index (χ2n) is 4.55. The topological polar surface area (TPSA) is 164 Å². The Kier molecular flexibility index (Phi) is 5.72. The number of hydrogen-bond acceptors (Lipinski definition) is 6. The summed E-state index contributed by atoms with van der Waals surface area (Å²) in [6.07, 6.45) is -0.976. The highest BCUT2D eigenvalue weighted by atomic mass is 31.2. The Bertz CT molecular complexity index is 639. The number of hydrogen-bond donors (Lipinski definition) is 4. The largest absolute Gasteiger partial charge is 0.480 e. The number of halogens is 1. The van der Waals surface area contributed by atoms with Crippen LogP contribution in [0.4, 0.5) is 10.1 Å². The van der Waals surface area contributed by atoms with Crippen molar-refractivity contribution in [1.82, 2.24) is 0 Å². The molecule has 122 valence electrons. The molecule has 22 heavy (non-hydrogen) atoms. The molecule has 5 N–H and O–H groups in total. The molecule has 0 fully saturated rings. The van der Waals surface area contributed by atoms with Gasteiger partial charge in [-0.1, -0.05) is 6.07 Å². The van der Waals surface area contributed by atoms with Crippen LogP contribution in [0.25, 0.3) is 0 Å². The number of aliphatic carboxylic acids is 1. The lowest BCUT2D eigenvalue weighted by Gasteiger charge is -2.19. The zero-order chi connectivity index (χ0) is 17.1. The molecule has 9 nitrogen and oxygen atoms in total. The number of nitro groups is 1. The van der Waals surface area contributed by atoms with E-state index in [2.05, 4.69) is 0 Å². The second-order valence-corrected chi connectivity index (χ2v) is 7.00. The van der Waals surface area contributed by atoms with Crippen LogP contribution in [0.15, 0.2) is 18.2 Å². The van der Waals surface area contributed by atoms with Gasteiger partial charge in [-0.3, -0.25) is 19.5 Å². The third kappa shape index (κ3) is 4.31. The molecule has 0 radical (unpaired) electrons. The maximum absolute atomic E-state index is 13.2. The fraction of sp³-hybridized carbons (Fsp3) is 0.364. The number of nitro benzene ring substituents is 1. The summed E-state index contributed by atoms with van der Waals surface area (Å²) in [5.41, 5.74) is 3.93. The Labute approximate surface area is 123 Å². The van der Waals surface area contributed by atoms with Gasteiger partial charge < -0.3 is 20.8 Å². The summed E-state index contributed by atoms with van der Waals surface area (Å²) >= 11 is 0. The minimum absolute atomic E-state index is 0.317. The number of aliphatic hydroxyl groups is 1. The predicted molar refractivity (Wildman–Crippen MR) is 72.9 cm³/mol. The summed E-state index contributed by atoms with van der Waals surface area (Å²) in [5.74, 6) is -4.53. The Hall–Kier alpha value is -1.87. The Morgan fingerprint density at radius 2 is 2.09 bits per heavy atom. The standard InChI is InChI=1S/C11H14FN2O7P/c12-7-2-1-6(5-9(7)14(18)19)11(17)22(20,21)4-3-8(13)10(15)16/h1-2,5,8,11,17H,3-4,13H2,(H,15,16)(H,20,21). The van der Waals surface area contributed by atoms with E-state index in [0.29, 0.717) is 12.1 Å². The van der Waals surface area contributed by atoms with Crippen LogP contribution in [-0.2, 0) is 9.36 Å². The number of carbonyl (C=O) groups is 1. The third-order valence-corrected chi connectivity index (χ3v) is 4.89. The number of rotatable bonds is 7. The highest BCUT2D eigenvalue weighted by Crippen LogP contribution is 2.54. The molecule has 0 heterocycles. The van der Waals surface area contributed by atoms with Gasteiger partial charge >= 0.3 is 11.7 Å². The zero-order valence-corrected chi connectivity index (χ0v) is 12.0. The first-order chi connectivity index (χ1) is 10.1. The molecule has 0 aromatic heterocycles. The maximum atomic E-state index is 13.2. The van der Waals surface area contributed by atoms with E-state index in [1.165, 1.54) is 0 Å². The molecule has 0 saturated carbocycles. The van der Waals surface area contributed by atoms with Crippen molar-refractivity contribution in [3.05, 3.63) is 39.7 Å². The molecule has 1 rings (SSSR count). The van der Waals surface area contributed by atoms with E-state index in [1.54, 1.807) is 0 Å². The van der Waals surface area contributed by atoms with E-state index in [4.69, 9.17) is 10.8 Å². The van der Waals surface area contributed by atoms with E-state index in [0.717, 1.165) is 6.07 Å². The van der Waals surface area contributed by atoms with Gasteiger partial charge in [-0.25, -0.2) is 0 Å². The highest BCUT2D eigenvalue weighted by molar-refractivity contribution is 7.58. The van der Waals surface area contributed by atoms with E-state index in [-0.39, 0.29) is 12.0 Å². The van der Waals surface area contributed by atoms with Gasteiger partial charge in [0.1, 0.15) is 6.04 Å². The minimum Gasteiger partial charge on any atom is -0.480 e. The van der Waals surface area contributed by atoms with Crippen molar-refractivity contribution < 1.29 is 33.8 Å². The van der Waals surface area contributed by atoms with Crippen molar-refractivity contribution in [2.24, 2.45) is 5.73 Å². The van der Waals surface area contributed by atoms with Crippen molar-refractivity contribution in [3.8, 4) is 0 Å². The van der Waals surface area contributed by atoms with Gasteiger partial charge in [0.05, 0.1) is 4.92 Å². The molecule has 0 aliphatic carbocycles. The monoisotopic (exact) mass is 336 g/mol. The zero-order valence-electron chi connectivity index (χ0n) is 11.1. The van der Waals surface area contributed by atoms with Crippen molar-refractivity contribution >= 4 is 19.0 Å². The van der Waals surface area contributed by atoms with E-state index in [9.17, 15) is 33.9 Å². The summed E-state index contributed by atoms with van der Waals surface area (Å²) in [6, 6.07) is 0.905. The van der Waals surface area contributed by atoms with Crippen LogP contribution >= 0.6 is 7.37 Å². The number of aliphatic hydroxyl groups excluding tert-OH is 1. The maximum Gasteiger partial charge on any atom is 0.320 e. The number of nitrogens with two attached hydrogens (primary N) is 1.